The van der Waals surface area contributed by atoms with Crippen molar-refractivity contribution in [3.8, 4) is 0 Å². The fraction of sp³-hybridized carbons (Fsp3) is 0.783. The van der Waals surface area contributed by atoms with Crippen LogP contribution in [0.2, 0.25) is 0 Å². The number of nitrogens with zero attached hydrogens (tertiary/aromatic N) is 3. The van der Waals surface area contributed by atoms with E-state index in [1.54, 1.807) is 48.5 Å². The Morgan fingerprint density at radius 1 is 0.891 bits per heavy atom. The van der Waals surface area contributed by atoms with Crippen molar-refractivity contribution in [3.63, 3.8) is 0 Å². The summed E-state index contributed by atoms with van der Waals surface area (Å²) in [5.41, 5.74) is -3.75. The highest BCUT2D eigenvalue weighted by Crippen LogP contribution is 2.42. The van der Waals surface area contributed by atoms with E-state index >= 15 is 0 Å². The summed E-state index contributed by atoms with van der Waals surface area (Å²) < 4.78 is 64.5. The molecular weight excluding hydrogens is 835 g/mol. The lowest BCUT2D eigenvalue weighted by Crippen LogP contribution is -2.61. The predicted molar refractivity (Wildman–Crippen MR) is 231 cm³/mol. The highest BCUT2D eigenvalue weighted by Gasteiger charge is 2.54. The van der Waals surface area contributed by atoms with Crippen LogP contribution in [0.25, 0.3) is 0 Å². The van der Waals surface area contributed by atoms with E-state index < -0.39 is 108 Å². The van der Waals surface area contributed by atoms with Crippen molar-refractivity contribution >= 4 is 29.8 Å². The first-order chi connectivity index (χ1) is 29.8. The van der Waals surface area contributed by atoms with E-state index in [1.807, 2.05) is 39.8 Å². The van der Waals surface area contributed by atoms with Crippen molar-refractivity contribution in [2.75, 3.05) is 28.3 Å². The number of rotatable bonds is 11. The fourth-order valence-electron chi connectivity index (χ4n) is 9.64. The maximum atomic E-state index is 14.8. The van der Waals surface area contributed by atoms with Crippen LogP contribution in [0.5, 0.6) is 0 Å². The number of esters is 3. The number of carbonyl (C=O) groups excluding carboxylic acids is 5. The van der Waals surface area contributed by atoms with Gasteiger partial charge in [0.05, 0.1) is 42.0 Å². The maximum Gasteiger partial charge on any atom is 0.420 e. The third-order valence-corrected chi connectivity index (χ3v) is 13.1. The van der Waals surface area contributed by atoms with Gasteiger partial charge in [-0.15, -0.1) is 0 Å². The van der Waals surface area contributed by atoms with Gasteiger partial charge in [-0.25, -0.2) is 14.3 Å². The number of cyclic esters (lactones) is 1. The van der Waals surface area contributed by atoms with E-state index in [-0.39, 0.29) is 42.8 Å². The van der Waals surface area contributed by atoms with Gasteiger partial charge >= 0.3 is 24.0 Å². The first-order valence-electron chi connectivity index (χ1n) is 22.2. The van der Waals surface area contributed by atoms with Gasteiger partial charge in [0.2, 0.25) is 0 Å². The molecule has 2 saturated heterocycles. The molecule has 0 bridgehead atoms. The summed E-state index contributed by atoms with van der Waals surface area (Å²) in [5, 5.41) is 0. The molecule has 0 N–H and O–H groups in total. The van der Waals surface area contributed by atoms with Crippen LogP contribution < -0.4 is 0 Å². The summed E-state index contributed by atoms with van der Waals surface area (Å²) in [7, 11) is 6.80. The lowest BCUT2D eigenvalue weighted by atomic mass is 9.76. The lowest BCUT2D eigenvalue weighted by Gasteiger charge is -2.50. The van der Waals surface area contributed by atoms with Crippen molar-refractivity contribution in [2.45, 2.75) is 187 Å². The monoisotopic (exact) mass is 908 g/mol. The number of imidazole rings is 1. The number of hydrogen-bond donors (Lipinski definition) is 0. The molecule has 4 rings (SSSR count). The Bertz CT molecular complexity index is 1810. The molecule has 362 valence electrons. The molecule has 3 aliphatic rings. The van der Waals surface area contributed by atoms with Crippen LogP contribution in [0.1, 0.15) is 109 Å². The lowest BCUT2D eigenvalue weighted by molar-refractivity contribution is -0.320. The third-order valence-electron chi connectivity index (χ3n) is 13.1. The van der Waals surface area contributed by atoms with Gasteiger partial charge in [-0.05, 0) is 93.5 Å². The highest BCUT2D eigenvalue weighted by molar-refractivity contribution is 5.96. The van der Waals surface area contributed by atoms with Crippen LogP contribution in [0.15, 0.2) is 30.4 Å². The summed E-state index contributed by atoms with van der Waals surface area (Å²) in [4.78, 5) is 73.6. The Hall–Kier alpha value is -3.78. The Morgan fingerprint density at radius 2 is 1.52 bits per heavy atom. The molecule has 18 heteroatoms. The number of carbonyl (C=O) groups is 5. The van der Waals surface area contributed by atoms with E-state index in [1.165, 1.54) is 52.9 Å². The van der Waals surface area contributed by atoms with Gasteiger partial charge in [-0.3, -0.25) is 19.2 Å². The quantitative estimate of drug-likeness (QED) is 0.201. The van der Waals surface area contributed by atoms with Gasteiger partial charge in [-0.2, -0.15) is 0 Å². The number of Topliss-reactive ketones (excluding diaryl/α,β-unsaturated/α-hetero) is 1. The zero-order chi connectivity index (χ0) is 48.1. The molecule has 0 aromatic carbocycles. The average molecular weight is 908 g/mol. The van der Waals surface area contributed by atoms with Gasteiger partial charge in [0, 0.05) is 58.7 Å². The predicted octanol–water partition coefficient (Wildman–Crippen LogP) is 5.42. The zero-order valence-corrected chi connectivity index (χ0v) is 40.6. The van der Waals surface area contributed by atoms with Gasteiger partial charge in [0.25, 0.3) is 0 Å². The average Bonchev–Trinajstić information content (AvgIpc) is 3.77. The number of likely N-dealkylation sites (N-methyl/N-ethyl adjacent to an activating group) is 1. The van der Waals surface area contributed by atoms with Crippen LogP contribution in [0.4, 0.5) is 4.79 Å². The van der Waals surface area contributed by atoms with Crippen LogP contribution in [0, 0.1) is 17.8 Å². The highest BCUT2D eigenvalue weighted by atomic mass is 16.7. The number of ether oxygens (including phenoxy) is 10. The van der Waals surface area contributed by atoms with E-state index in [0.29, 0.717) is 6.42 Å². The van der Waals surface area contributed by atoms with Crippen LogP contribution in [-0.2, 0) is 66.5 Å². The molecule has 1 aromatic rings. The molecule has 16 atom stereocenters. The number of methoxy groups -OCH3 is 2. The standard InChI is InChI=1S/C46H73N3O15/c1-17-34-44(10,64-43(54)49-19-18-47-24-49)21-25(2)36(52)26(3)22-45(11,55-15)39(63-42-38(59-31(8)50)33(48(13)14)20-27(4)57-42)28(5)37(29(6)41(53)61-34)62-35-23-46(12,56-16)40(30(7)58-35)60-32(9)51/h18-19,21,24,26-30,33-35,37-40,42H,17,20,22-23H2,1-16H3/b25-21+/t26-,27-,28+,29-,30+,33+,34-,35+,37+,38-,39-,40+,42?,44+,45+,46-/m1/s1. The maximum absolute atomic E-state index is 14.8. The van der Waals surface area contributed by atoms with Gasteiger partial charge in [0.15, 0.2) is 36.2 Å². The molecule has 2 fully saturated rings. The Labute approximate surface area is 378 Å². The van der Waals surface area contributed by atoms with Crippen molar-refractivity contribution in [2.24, 2.45) is 17.8 Å². The summed E-state index contributed by atoms with van der Waals surface area (Å²) >= 11 is 0. The molecule has 0 aliphatic carbocycles. The van der Waals surface area contributed by atoms with E-state index in [4.69, 9.17) is 47.4 Å². The Kier molecular flexibility index (Phi) is 17.9. The Morgan fingerprint density at radius 3 is 2.06 bits per heavy atom. The molecule has 18 nitrogen and oxygen atoms in total. The van der Waals surface area contributed by atoms with Crippen LogP contribution in [-0.4, -0.2) is 151 Å². The largest absolute Gasteiger partial charge is 0.457 e. The van der Waals surface area contributed by atoms with E-state index in [9.17, 15) is 24.0 Å². The van der Waals surface area contributed by atoms with Crippen LogP contribution >= 0.6 is 0 Å². The van der Waals surface area contributed by atoms with Gasteiger partial charge < -0.3 is 52.3 Å². The summed E-state index contributed by atoms with van der Waals surface area (Å²) in [6.07, 6.45) is -2.27. The second-order valence-corrected chi connectivity index (χ2v) is 18.7. The molecule has 0 radical (unpaired) electrons. The van der Waals surface area contributed by atoms with Gasteiger partial charge in [-0.1, -0.05) is 20.8 Å². The molecule has 3 aliphatic heterocycles. The molecular formula is C46H73N3O15. The number of hydrogen-bond acceptors (Lipinski definition) is 17. The minimum absolute atomic E-state index is 0.0849. The van der Waals surface area contributed by atoms with E-state index in [0.717, 1.165) is 4.57 Å². The number of ketones is 1. The first-order valence-corrected chi connectivity index (χ1v) is 22.2. The molecule has 0 spiro atoms. The Balaban J connectivity index is 1.93. The molecule has 64 heavy (non-hydrogen) atoms. The molecule has 0 saturated carbocycles. The number of allylic oxidation sites excluding steroid dienone is 1. The topological polar surface area (TPSA) is 199 Å². The molecule has 4 heterocycles. The minimum atomic E-state index is -1.63. The third kappa shape index (κ3) is 12.2. The normalized spacial score (nSPS) is 40.1. The summed E-state index contributed by atoms with van der Waals surface area (Å²) in [6, 6.07) is -0.299. The van der Waals surface area contributed by atoms with Crippen LogP contribution in [0.3, 0.4) is 0 Å². The first kappa shape index (κ1) is 52.8. The SMILES string of the molecule is CC[C@H]1OC(=O)[C@H](C)[C@@H](O[C@H]2C[C@@](C)(OC)[C@@H](OC(C)=O)[C@H](C)O2)[C@H](C)[C@@H](OC2O[C@H](C)C[C@H](N(C)C)[C@H]2OC(C)=O)[C@@](C)(OC)C[C@@H](C)C(=O)/C(C)=C/[C@]1(C)OC(=O)n1ccnc1. The van der Waals surface area contributed by atoms with E-state index in [2.05, 4.69) is 4.98 Å². The zero-order valence-electron chi connectivity index (χ0n) is 40.6. The summed E-state index contributed by atoms with van der Waals surface area (Å²) in [6.45, 7) is 20.2. The minimum Gasteiger partial charge on any atom is -0.457 e. The second kappa shape index (κ2) is 21.7. The molecule has 1 aromatic heterocycles. The smallest absolute Gasteiger partial charge is 0.420 e. The number of aromatic nitrogens is 2. The van der Waals surface area contributed by atoms with Crippen molar-refractivity contribution in [1.82, 2.24) is 14.5 Å². The van der Waals surface area contributed by atoms with Crippen molar-refractivity contribution < 1.29 is 71.3 Å². The second-order valence-electron chi connectivity index (χ2n) is 18.7. The fourth-order valence-corrected chi connectivity index (χ4v) is 9.64. The molecule has 0 amide bonds. The van der Waals surface area contributed by atoms with Crippen molar-refractivity contribution in [1.29, 1.82) is 0 Å². The summed E-state index contributed by atoms with van der Waals surface area (Å²) in [5.74, 6) is -4.59. The van der Waals surface area contributed by atoms with Crippen molar-refractivity contribution in [3.05, 3.63) is 30.4 Å². The molecule has 1 unspecified atom stereocenters. The van der Waals surface area contributed by atoms with Gasteiger partial charge in [0.1, 0.15) is 18.0 Å².